The van der Waals surface area contributed by atoms with E-state index in [1.165, 1.54) is 0 Å². The highest BCUT2D eigenvalue weighted by Crippen LogP contribution is 2.31. The van der Waals surface area contributed by atoms with Crippen LogP contribution in [0.5, 0.6) is 5.75 Å². The van der Waals surface area contributed by atoms with Crippen LogP contribution in [0.4, 0.5) is 17.2 Å². The molecule has 20 heavy (non-hydrogen) atoms. The Balaban J connectivity index is 2.10. The van der Waals surface area contributed by atoms with Crippen LogP contribution in [0.25, 0.3) is 10.8 Å². The molecule has 5 heteroatoms. The van der Waals surface area contributed by atoms with Crippen LogP contribution in [0.1, 0.15) is 0 Å². The number of hydrogen-bond acceptors (Lipinski definition) is 4. The van der Waals surface area contributed by atoms with Gasteiger partial charge in [0.2, 0.25) is 0 Å². The van der Waals surface area contributed by atoms with Crippen LogP contribution in [-0.2, 0) is 0 Å². The molecule has 2 aromatic carbocycles. The number of aromatic hydroxyl groups is 1. The lowest BCUT2D eigenvalue weighted by Gasteiger charge is -2.11. The van der Waals surface area contributed by atoms with E-state index < -0.39 is 0 Å². The van der Waals surface area contributed by atoms with Gasteiger partial charge in [-0.1, -0.05) is 17.7 Å². The van der Waals surface area contributed by atoms with Crippen molar-refractivity contribution < 1.29 is 5.11 Å². The Labute approximate surface area is 120 Å². The van der Waals surface area contributed by atoms with E-state index in [4.69, 9.17) is 17.3 Å². The van der Waals surface area contributed by atoms with Gasteiger partial charge in [0.05, 0.1) is 10.7 Å². The lowest BCUT2D eigenvalue weighted by molar-refractivity contribution is 0.476. The largest absolute Gasteiger partial charge is 0.508 e. The number of fused-ring (bicyclic) bond motifs is 1. The molecule has 0 spiro atoms. The first-order valence-electron chi connectivity index (χ1n) is 6.03. The van der Waals surface area contributed by atoms with Crippen LogP contribution in [0.2, 0.25) is 5.02 Å². The zero-order valence-electron chi connectivity index (χ0n) is 10.5. The van der Waals surface area contributed by atoms with Gasteiger partial charge < -0.3 is 16.2 Å². The minimum absolute atomic E-state index is 0.187. The Hall–Kier alpha value is -2.46. The van der Waals surface area contributed by atoms with Gasteiger partial charge in [0.15, 0.2) is 0 Å². The number of nitrogens with one attached hydrogen (secondary N) is 1. The van der Waals surface area contributed by atoms with Crippen molar-refractivity contribution in [3.63, 3.8) is 0 Å². The summed E-state index contributed by atoms with van der Waals surface area (Å²) in [5, 5.41) is 15.1. The van der Waals surface area contributed by atoms with Crippen LogP contribution in [0.3, 0.4) is 0 Å². The number of nitrogens with zero attached hydrogens (tertiary/aromatic N) is 1. The number of halogens is 1. The van der Waals surface area contributed by atoms with E-state index >= 15 is 0 Å². The fraction of sp³-hybridized carbons (Fsp3) is 0. The van der Waals surface area contributed by atoms with Gasteiger partial charge in [-0.05, 0) is 41.8 Å². The standard InChI is InChI=1S/C15H12ClN3O/c16-13-4-2-10(17)7-14(13)19-15-12-8-11(20)3-1-9(12)5-6-18-15/h1-8,20H,17H2,(H,18,19). The molecule has 0 aliphatic heterocycles. The summed E-state index contributed by atoms with van der Waals surface area (Å²) in [6.45, 7) is 0. The molecule has 1 heterocycles. The predicted molar refractivity (Wildman–Crippen MR) is 82.6 cm³/mol. The Morgan fingerprint density at radius 1 is 1.10 bits per heavy atom. The van der Waals surface area contributed by atoms with E-state index in [9.17, 15) is 5.11 Å². The van der Waals surface area contributed by atoms with Gasteiger partial charge in [0.25, 0.3) is 0 Å². The van der Waals surface area contributed by atoms with Crippen LogP contribution < -0.4 is 11.1 Å². The summed E-state index contributed by atoms with van der Waals surface area (Å²) in [6.07, 6.45) is 1.70. The third-order valence-electron chi connectivity index (χ3n) is 2.99. The molecule has 4 nitrogen and oxygen atoms in total. The summed E-state index contributed by atoms with van der Waals surface area (Å²) in [5.41, 5.74) is 7.05. The summed E-state index contributed by atoms with van der Waals surface area (Å²) in [6, 6.07) is 12.2. The number of hydrogen-bond donors (Lipinski definition) is 3. The van der Waals surface area contributed by atoms with E-state index in [1.807, 2.05) is 12.1 Å². The van der Waals surface area contributed by atoms with Gasteiger partial charge in [0, 0.05) is 17.3 Å². The molecule has 0 unspecified atom stereocenters. The molecule has 1 aromatic heterocycles. The number of anilines is 3. The molecule has 3 rings (SSSR count). The van der Waals surface area contributed by atoms with Gasteiger partial charge in [-0.3, -0.25) is 0 Å². The number of nitrogen functional groups attached to an aromatic ring is 1. The van der Waals surface area contributed by atoms with Gasteiger partial charge >= 0.3 is 0 Å². The SMILES string of the molecule is Nc1ccc(Cl)c(Nc2nccc3ccc(O)cc23)c1. The van der Waals surface area contributed by atoms with E-state index in [0.717, 1.165) is 10.8 Å². The Morgan fingerprint density at radius 3 is 2.80 bits per heavy atom. The normalized spacial score (nSPS) is 10.7. The molecule has 0 aliphatic carbocycles. The van der Waals surface area contributed by atoms with Gasteiger partial charge in [-0.2, -0.15) is 0 Å². The summed E-state index contributed by atoms with van der Waals surface area (Å²) < 4.78 is 0. The number of benzene rings is 2. The lowest BCUT2D eigenvalue weighted by Crippen LogP contribution is -1.96. The first-order chi connectivity index (χ1) is 9.63. The first-order valence-corrected chi connectivity index (χ1v) is 6.41. The zero-order valence-corrected chi connectivity index (χ0v) is 11.2. The molecule has 0 saturated carbocycles. The molecule has 0 fully saturated rings. The highest BCUT2D eigenvalue weighted by atomic mass is 35.5. The molecule has 3 aromatic rings. The topological polar surface area (TPSA) is 71.2 Å². The number of aromatic nitrogens is 1. The summed E-state index contributed by atoms with van der Waals surface area (Å²) in [4.78, 5) is 4.29. The minimum Gasteiger partial charge on any atom is -0.508 e. The average Bonchev–Trinajstić information content (AvgIpc) is 2.43. The van der Waals surface area contributed by atoms with Gasteiger partial charge in [-0.15, -0.1) is 0 Å². The van der Waals surface area contributed by atoms with E-state index in [1.54, 1.807) is 36.5 Å². The third-order valence-corrected chi connectivity index (χ3v) is 3.32. The van der Waals surface area contributed by atoms with Crippen molar-refractivity contribution in [2.45, 2.75) is 0 Å². The molecule has 100 valence electrons. The Morgan fingerprint density at radius 2 is 1.95 bits per heavy atom. The van der Waals surface area contributed by atoms with Crippen molar-refractivity contribution >= 4 is 39.6 Å². The monoisotopic (exact) mass is 285 g/mol. The fourth-order valence-corrected chi connectivity index (χ4v) is 2.19. The number of nitrogens with two attached hydrogens (primary N) is 1. The van der Waals surface area contributed by atoms with Crippen molar-refractivity contribution in [1.82, 2.24) is 4.98 Å². The molecule has 4 N–H and O–H groups in total. The Kier molecular flexibility index (Phi) is 3.08. The summed E-state index contributed by atoms with van der Waals surface area (Å²) >= 11 is 6.13. The maximum Gasteiger partial charge on any atom is 0.138 e. The van der Waals surface area contributed by atoms with Crippen LogP contribution in [-0.4, -0.2) is 10.1 Å². The Bertz CT molecular complexity index is 789. The number of pyridine rings is 1. The molecular formula is C15H12ClN3O. The summed E-state index contributed by atoms with van der Waals surface area (Å²) in [7, 11) is 0. The van der Waals surface area contributed by atoms with Crippen molar-refractivity contribution in [1.29, 1.82) is 0 Å². The zero-order chi connectivity index (χ0) is 14.1. The molecular weight excluding hydrogens is 274 g/mol. The number of phenols is 1. The van der Waals surface area contributed by atoms with Crippen molar-refractivity contribution in [3.05, 3.63) is 53.7 Å². The fourth-order valence-electron chi connectivity index (χ4n) is 2.02. The number of rotatable bonds is 2. The average molecular weight is 286 g/mol. The van der Waals surface area contributed by atoms with Gasteiger partial charge in [0.1, 0.15) is 11.6 Å². The third kappa shape index (κ3) is 2.33. The lowest BCUT2D eigenvalue weighted by atomic mass is 10.1. The quantitative estimate of drug-likeness (QED) is 0.624. The van der Waals surface area contributed by atoms with E-state index in [2.05, 4.69) is 10.3 Å². The molecule has 0 atom stereocenters. The number of phenolic OH excluding ortho intramolecular Hbond substituents is 1. The summed E-state index contributed by atoms with van der Waals surface area (Å²) in [5.74, 6) is 0.804. The molecule has 0 saturated heterocycles. The van der Waals surface area contributed by atoms with Crippen LogP contribution >= 0.6 is 11.6 Å². The van der Waals surface area contributed by atoms with E-state index in [-0.39, 0.29) is 5.75 Å². The van der Waals surface area contributed by atoms with E-state index in [0.29, 0.717) is 22.2 Å². The van der Waals surface area contributed by atoms with Crippen molar-refractivity contribution in [2.75, 3.05) is 11.1 Å². The van der Waals surface area contributed by atoms with Crippen LogP contribution in [0.15, 0.2) is 48.7 Å². The maximum atomic E-state index is 9.62. The van der Waals surface area contributed by atoms with Gasteiger partial charge in [-0.25, -0.2) is 4.98 Å². The second-order valence-electron chi connectivity index (χ2n) is 4.43. The van der Waals surface area contributed by atoms with Crippen molar-refractivity contribution in [2.24, 2.45) is 0 Å². The maximum absolute atomic E-state index is 9.62. The molecule has 0 bridgehead atoms. The molecule has 0 aliphatic rings. The van der Waals surface area contributed by atoms with Crippen molar-refractivity contribution in [3.8, 4) is 5.75 Å². The second-order valence-corrected chi connectivity index (χ2v) is 4.84. The minimum atomic E-state index is 0.187. The highest BCUT2D eigenvalue weighted by molar-refractivity contribution is 6.33. The smallest absolute Gasteiger partial charge is 0.138 e. The first kappa shape index (κ1) is 12.6. The predicted octanol–water partition coefficient (Wildman–Crippen LogP) is 3.92. The molecule has 0 radical (unpaired) electrons. The van der Waals surface area contributed by atoms with Crippen LogP contribution in [0, 0.1) is 0 Å². The highest BCUT2D eigenvalue weighted by Gasteiger charge is 2.06. The second kappa shape index (κ2) is 4.90. The molecule has 0 amide bonds.